The van der Waals surface area contributed by atoms with Crippen molar-refractivity contribution in [2.24, 2.45) is 0 Å². The molecule has 1 atom stereocenters. The van der Waals surface area contributed by atoms with Gasteiger partial charge in [0.05, 0.1) is 0 Å². The van der Waals surface area contributed by atoms with Crippen LogP contribution in [0.4, 0.5) is 15.8 Å². The molecule has 0 unspecified atom stereocenters. The Morgan fingerprint density at radius 2 is 1.66 bits per heavy atom. The number of halogens is 3. The molecule has 6 nitrogen and oxygen atoms in total. The lowest BCUT2D eigenvalue weighted by Gasteiger charge is -2.40. The van der Waals surface area contributed by atoms with Crippen LogP contribution in [0, 0.1) is 12.7 Å². The summed E-state index contributed by atoms with van der Waals surface area (Å²) in [4.78, 5) is 14.3. The van der Waals surface area contributed by atoms with Gasteiger partial charge in [0, 0.05) is 52.7 Å². The lowest BCUT2D eigenvalue weighted by molar-refractivity contribution is 0.102. The number of benzene rings is 3. The highest BCUT2D eigenvalue weighted by Gasteiger charge is 2.34. The summed E-state index contributed by atoms with van der Waals surface area (Å²) < 4.78 is 42.7. The predicted octanol–water partition coefficient (Wildman–Crippen LogP) is 5.59. The number of carbonyl (C=O) groups excluding carboxylic acids is 1. The average Bonchev–Trinajstić information content (AvgIpc) is 2.79. The standard InChI is InChI=1S/C25H24Cl2FN3O3S/c1-16-3-6-22(7-4-16)31-10-9-30(15-17(31)2)35(33,34)24-11-18(5-8-23(24)28)25(32)29-21-13-19(26)12-20(27)14-21/h3-8,11-14,17H,9-10,15H2,1-2H3,(H,29,32)/t17-/m0/s1. The van der Waals surface area contributed by atoms with Crippen molar-refractivity contribution in [3.8, 4) is 0 Å². The first-order chi connectivity index (χ1) is 16.5. The SMILES string of the molecule is Cc1ccc(N2CCN(S(=O)(=O)c3cc(C(=O)Nc4cc(Cl)cc(Cl)c4)ccc3F)C[C@@H]2C)cc1. The summed E-state index contributed by atoms with van der Waals surface area (Å²) in [5.41, 5.74) is 2.47. The number of sulfonamides is 1. The molecule has 1 N–H and O–H groups in total. The van der Waals surface area contributed by atoms with Gasteiger partial charge < -0.3 is 10.2 Å². The van der Waals surface area contributed by atoms with Crippen LogP contribution in [0.15, 0.2) is 65.6 Å². The van der Waals surface area contributed by atoms with Crippen LogP contribution in [0.3, 0.4) is 0 Å². The smallest absolute Gasteiger partial charge is 0.255 e. The molecule has 3 aromatic rings. The van der Waals surface area contributed by atoms with Crippen LogP contribution in [0.1, 0.15) is 22.8 Å². The number of anilines is 2. The van der Waals surface area contributed by atoms with Crippen LogP contribution < -0.4 is 10.2 Å². The van der Waals surface area contributed by atoms with Gasteiger partial charge in [0.1, 0.15) is 10.7 Å². The normalized spacial score (nSPS) is 16.8. The molecule has 184 valence electrons. The Kier molecular flexibility index (Phi) is 7.38. The summed E-state index contributed by atoms with van der Waals surface area (Å²) in [5, 5.41) is 3.26. The second kappa shape index (κ2) is 10.1. The number of hydrogen-bond donors (Lipinski definition) is 1. The third-order valence-corrected chi connectivity index (χ3v) is 8.20. The van der Waals surface area contributed by atoms with Gasteiger partial charge in [-0.15, -0.1) is 0 Å². The summed E-state index contributed by atoms with van der Waals surface area (Å²) in [6.07, 6.45) is 0. The number of nitrogens with one attached hydrogen (secondary N) is 1. The topological polar surface area (TPSA) is 69.7 Å². The summed E-state index contributed by atoms with van der Waals surface area (Å²) >= 11 is 11.9. The Labute approximate surface area is 214 Å². The minimum absolute atomic E-state index is 0.00703. The van der Waals surface area contributed by atoms with Crippen LogP contribution in [0.2, 0.25) is 10.0 Å². The molecule has 4 rings (SSSR count). The van der Waals surface area contributed by atoms with Gasteiger partial charge in [0.15, 0.2) is 0 Å². The van der Waals surface area contributed by atoms with Gasteiger partial charge in [-0.1, -0.05) is 40.9 Å². The molecule has 0 spiro atoms. The lowest BCUT2D eigenvalue weighted by Crippen LogP contribution is -2.53. The van der Waals surface area contributed by atoms with Gasteiger partial charge in [-0.3, -0.25) is 4.79 Å². The Bertz CT molecular complexity index is 1350. The minimum Gasteiger partial charge on any atom is -0.366 e. The Hall–Kier alpha value is -2.65. The average molecular weight is 536 g/mol. The Balaban J connectivity index is 1.54. The van der Waals surface area contributed by atoms with E-state index in [0.717, 1.165) is 23.4 Å². The van der Waals surface area contributed by atoms with Crippen molar-refractivity contribution in [1.82, 2.24) is 4.31 Å². The maximum atomic E-state index is 14.7. The summed E-state index contributed by atoms with van der Waals surface area (Å²) in [6, 6.07) is 15.7. The number of nitrogens with zero attached hydrogens (tertiary/aromatic N) is 2. The van der Waals surface area contributed by atoms with Gasteiger partial charge in [-0.2, -0.15) is 4.31 Å². The molecule has 0 aromatic heterocycles. The first kappa shape index (κ1) is 25.4. The van der Waals surface area contributed by atoms with E-state index in [1.165, 1.54) is 28.6 Å². The van der Waals surface area contributed by atoms with E-state index < -0.39 is 26.6 Å². The first-order valence-electron chi connectivity index (χ1n) is 10.9. The molecular weight excluding hydrogens is 512 g/mol. The molecule has 1 heterocycles. The second-order valence-corrected chi connectivity index (χ2v) is 11.3. The molecule has 1 amide bonds. The summed E-state index contributed by atoms with van der Waals surface area (Å²) in [7, 11) is -4.17. The van der Waals surface area contributed by atoms with Crippen LogP contribution >= 0.6 is 23.2 Å². The molecule has 35 heavy (non-hydrogen) atoms. The van der Waals surface area contributed by atoms with Crippen LogP contribution in [0.5, 0.6) is 0 Å². The Morgan fingerprint density at radius 3 is 2.29 bits per heavy atom. The molecule has 1 aliphatic rings. The van der Waals surface area contributed by atoms with E-state index in [2.05, 4.69) is 10.2 Å². The maximum absolute atomic E-state index is 14.7. The molecule has 3 aromatic carbocycles. The fourth-order valence-electron chi connectivity index (χ4n) is 4.07. The second-order valence-electron chi connectivity index (χ2n) is 8.50. The van der Waals surface area contributed by atoms with Crippen LogP contribution in [-0.4, -0.2) is 44.3 Å². The zero-order chi connectivity index (χ0) is 25.3. The van der Waals surface area contributed by atoms with Gasteiger partial charge in [0.2, 0.25) is 10.0 Å². The van der Waals surface area contributed by atoms with Gasteiger partial charge in [-0.05, 0) is 62.4 Å². The number of rotatable bonds is 5. The quantitative estimate of drug-likeness (QED) is 0.462. The molecule has 0 radical (unpaired) electrons. The van der Waals surface area contributed by atoms with E-state index in [4.69, 9.17) is 23.2 Å². The first-order valence-corrected chi connectivity index (χ1v) is 13.1. The largest absolute Gasteiger partial charge is 0.366 e. The molecule has 0 saturated carbocycles. The van der Waals surface area contributed by atoms with E-state index in [-0.39, 0.29) is 24.7 Å². The molecule has 10 heteroatoms. The van der Waals surface area contributed by atoms with Crippen molar-refractivity contribution in [1.29, 1.82) is 0 Å². The van der Waals surface area contributed by atoms with Crippen molar-refractivity contribution in [3.05, 3.63) is 87.7 Å². The van der Waals surface area contributed by atoms with Crippen molar-refractivity contribution < 1.29 is 17.6 Å². The number of carbonyl (C=O) groups is 1. The minimum atomic E-state index is -4.17. The highest BCUT2D eigenvalue weighted by atomic mass is 35.5. The summed E-state index contributed by atoms with van der Waals surface area (Å²) in [6.45, 7) is 4.77. The number of aryl methyl sites for hydroxylation is 1. The molecule has 1 aliphatic heterocycles. The molecule has 1 fully saturated rings. The van der Waals surface area contributed by atoms with E-state index in [9.17, 15) is 17.6 Å². The highest BCUT2D eigenvalue weighted by Crippen LogP contribution is 2.27. The van der Waals surface area contributed by atoms with Crippen LogP contribution in [0.25, 0.3) is 0 Å². The zero-order valence-electron chi connectivity index (χ0n) is 19.1. The third kappa shape index (κ3) is 5.62. The third-order valence-electron chi connectivity index (χ3n) is 5.89. The van der Waals surface area contributed by atoms with Gasteiger partial charge in [-0.25, -0.2) is 12.8 Å². The van der Waals surface area contributed by atoms with Crippen molar-refractivity contribution in [2.75, 3.05) is 29.9 Å². The summed E-state index contributed by atoms with van der Waals surface area (Å²) in [5.74, 6) is -1.53. The molecular formula is C25H24Cl2FN3O3S. The fourth-order valence-corrected chi connectivity index (χ4v) is 6.20. The van der Waals surface area contributed by atoms with Crippen molar-refractivity contribution in [2.45, 2.75) is 24.8 Å². The highest BCUT2D eigenvalue weighted by molar-refractivity contribution is 7.89. The van der Waals surface area contributed by atoms with E-state index >= 15 is 0 Å². The van der Waals surface area contributed by atoms with Crippen molar-refractivity contribution in [3.63, 3.8) is 0 Å². The fraction of sp³-hybridized carbons (Fsp3) is 0.240. The maximum Gasteiger partial charge on any atom is 0.255 e. The Morgan fingerprint density at radius 1 is 1.00 bits per heavy atom. The zero-order valence-corrected chi connectivity index (χ0v) is 21.5. The number of amides is 1. The van der Waals surface area contributed by atoms with Gasteiger partial charge >= 0.3 is 0 Å². The van der Waals surface area contributed by atoms with Gasteiger partial charge in [0.25, 0.3) is 5.91 Å². The molecule has 1 saturated heterocycles. The van der Waals surface area contributed by atoms with E-state index in [1.54, 1.807) is 0 Å². The number of piperazine rings is 1. The number of hydrogen-bond acceptors (Lipinski definition) is 4. The predicted molar refractivity (Wildman–Crippen MR) is 138 cm³/mol. The van der Waals surface area contributed by atoms with E-state index in [1.807, 2.05) is 38.1 Å². The molecule has 0 aliphatic carbocycles. The van der Waals surface area contributed by atoms with Crippen LogP contribution in [-0.2, 0) is 10.0 Å². The van der Waals surface area contributed by atoms with Crippen molar-refractivity contribution >= 4 is 50.5 Å². The molecule has 0 bridgehead atoms. The van der Waals surface area contributed by atoms with E-state index in [0.29, 0.717) is 22.3 Å². The monoisotopic (exact) mass is 535 g/mol. The lowest BCUT2D eigenvalue weighted by atomic mass is 10.1.